The van der Waals surface area contributed by atoms with Crippen molar-refractivity contribution in [3.8, 4) is 0 Å². The third-order valence-corrected chi connectivity index (χ3v) is 4.42. The van der Waals surface area contributed by atoms with Crippen LogP contribution in [-0.4, -0.2) is 29.3 Å². The molecular formula is C14H26N2O2. The Morgan fingerprint density at radius 2 is 1.89 bits per heavy atom. The fourth-order valence-electron chi connectivity index (χ4n) is 2.57. The van der Waals surface area contributed by atoms with Gasteiger partial charge in [-0.2, -0.15) is 0 Å². The van der Waals surface area contributed by atoms with Crippen molar-refractivity contribution >= 4 is 6.03 Å². The van der Waals surface area contributed by atoms with Crippen LogP contribution in [0.2, 0.25) is 0 Å². The Balaban J connectivity index is 1.82. The van der Waals surface area contributed by atoms with Crippen LogP contribution in [0.3, 0.4) is 0 Å². The molecule has 1 unspecified atom stereocenters. The van der Waals surface area contributed by atoms with Crippen LogP contribution >= 0.6 is 0 Å². The number of carbonyl (C=O) groups is 1. The second-order valence-electron chi connectivity index (χ2n) is 6.19. The van der Waals surface area contributed by atoms with Gasteiger partial charge in [-0.05, 0) is 57.3 Å². The Hall–Kier alpha value is -0.770. The number of urea groups is 1. The summed E-state index contributed by atoms with van der Waals surface area (Å²) in [6.07, 6.45) is 6.51. The van der Waals surface area contributed by atoms with Gasteiger partial charge in [0.1, 0.15) is 0 Å². The first-order valence-corrected chi connectivity index (χ1v) is 7.27. The Kier molecular flexibility index (Phi) is 4.15. The van der Waals surface area contributed by atoms with Crippen LogP contribution in [0.4, 0.5) is 4.79 Å². The molecule has 4 heteroatoms. The maximum atomic E-state index is 12.1. The minimum Gasteiger partial charge on any atom is -0.396 e. The molecule has 0 radical (unpaired) electrons. The summed E-state index contributed by atoms with van der Waals surface area (Å²) in [6.45, 7) is 4.14. The number of carbonyl (C=O) groups excluding carboxylic acids is 1. The molecule has 1 atom stereocenters. The van der Waals surface area contributed by atoms with Gasteiger partial charge in [0.15, 0.2) is 0 Å². The lowest BCUT2D eigenvalue weighted by Crippen LogP contribution is -2.53. The first kappa shape index (κ1) is 13.7. The van der Waals surface area contributed by atoms with Crippen LogP contribution in [0.1, 0.15) is 52.4 Å². The monoisotopic (exact) mass is 254 g/mol. The van der Waals surface area contributed by atoms with Crippen molar-refractivity contribution in [3.05, 3.63) is 0 Å². The molecule has 2 fully saturated rings. The second-order valence-corrected chi connectivity index (χ2v) is 6.19. The van der Waals surface area contributed by atoms with Crippen LogP contribution in [0.5, 0.6) is 0 Å². The standard InChI is InChI=1S/C14H26N2O2/c1-3-14(2,8-9-17)16-13(18)15-12(10-4-5-10)11-6-7-11/h10-12,17H,3-9H2,1-2H3,(H2,15,16,18). The minimum atomic E-state index is -0.295. The summed E-state index contributed by atoms with van der Waals surface area (Å²) in [6, 6.07) is 0.330. The molecule has 0 spiro atoms. The van der Waals surface area contributed by atoms with Crippen molar-refractivity contribution in [3.63, 3.8) is 0 Å². The van der Waals surface area contributed by atoms with E-state index in [1.165, 1.54) is 25.7 Å². The third-order valence-electron chi connectivity index (χ3n) is 4.42. The van der Waals surface area contributed by atoms with Crippen LogP contribution in [0.15, 0.2) is 0 Å². The van der Waals surface area contributed by atoms with Gasteiger partial charge < -0.3 is 15.7 Å². The Morgan fingerprint density at radius 1 is 1.33 bits per heavy atom. The molecule has 2 saturated carbocycles. The molecule has 0 heterocycles. The number of hydrogen-bond donors (Lipinski definition) is 3. The van der Waals surface area contributed by atoms with Gasteiger partial charge in [0, 0.05) is 18.2 Å². The van der Waals surface area contributed by atoms with Gasteiger partial charge >= 0.3 is 6.03 Å². The van der Waals surface area contributed by atoms with Crippen molar-refractivity contribution in [2.24, 2.45) is 11.8 Å². The van der Waals surface area contributed by atoms with Crippen molar-refractivity contribution in [1.82, 2.24) is 10.6 Å². The van der Waals surface area contributed by atoms with Gasteiger partial charge in [-0.1, -0.05) is 6.92 Å². The molecule has 3 N–H and O–H groups in total. The lowest BCUT2D eigenvalue weighted by molar-refractivity contribution is 0.196. The summed E-state index contributed by atoms with van der Waals surface area (Å²) >= 11 is 0. The van der Waals surface area contributed by atoms with Crippen LogP contribution in [-0.2, 0) is 0 Å². The summed E-state index contributed by atoms with van der Waals surface area (Å²) < 4.78 is 0. The van der Waals surface area contributed by atoms with Gasteiger partial charge in [0.05, 0.1) is 0 Å². The molecule has 0 aromatic rings. The van der Waals surface area contributed by atoms with Gasteiger partial charge in [-0.25, -0.2) is 4.79 Å². The predicted octanol–water partition coefficient (Wildman–Crippen LogP) is 2.03. The van der Waals surface area contributed by atoms with Crippen molar-refractivity contribution in [1.29, 1.82) is 0 Å². The van der Waals surface area contributed by atoms with Gasteiger partial charge in [0.2, 0.25) is 0 Å². The number of aliphatic hydroxyl groups is 1. The number of aliphatic hydroxyl groups excluding tert-OH is 1. The van der Waals surface area contributed by atoms with E-state index in [2.05, 4.69) is 10.6 Å². The predicted molar refractivity (Wildman–Crippen MR) is 71.3 cm³/mol. The molecule has 0 aromatic heterocycles. The van der Waals surface area contributed by atoms with E-state index >= 15 is 0 Å². The second kappa shape index (κ2) is 5.47. The van der Waals surface area contributed by atoms with E-state index in [1.807, 2.05) is 13.8 Å². The number of rotatable bonds is 7. The van der Waals surface area contributed by atoms with E-state index in [9.17, 15) is 4.79 Å². The highest BCUT2D eigenvalue weighted by molar-refractivity contribution is 5.75. The van der Waals surface area contributed by atoms with E-state index in [0.29, 0.717) is 24.3 Å². The third kappa shape index (κ3) is 3.61. The zero-order chi connectivity index (χ0) is 13.2. The Labute approximate surface area is 110 Å². The molecule has 2 rings (SSSR count). The first-order chi connectivity index (χ1) is 8.58. The zero-order valence-electron chi connectivity index (χ0n) is 11.5. The highest BCUT2D eigenvalue weighted by Crippen LogP contribution is 2.44. The molecule has 2 aliphatic carbocycles. The molecule has 2 amide bonds. The highest BCUT2D eigenvalue weighted by Gasteiger charge is 2.42. The first-order valence-electron chi connectivity index (χ1n) is 7.27. The number of nitrogens with one attached hydrogen (secondary N) is 2. The van der Waals surface area contributed by atoms with Crippen LogP contribution < -0.4 is 10.6 Å². The molecule has 0 aromatic carbocycles. The summed E-state index contributed by atoms with van der Waals surface area (Å²) in [5.41, 5.74) is -0.295. The minimum absolute atomic E-state index is 0.0587. The fourth-order valence-corrected chi connectivity index (χ4v) is 2.57. The van der Waals surface area contributed by atoms with Gasteiger partial charge in [0.25, 0.3) is 0 Å². The topological polar surface area (TPSA) is 61.4 Å². The smallest absolute Gasteiger partial charge is 0.315 e. The van der Waals surface area contributed by atoms with E-state index in [0.717, 1.165) is 6.42 Å². The summed E-state index contributed by atoms with van der Waals surface area (Å²) in [7, 11) is 0. The van der Waals surface area contributed by atoms with Crippen molar-refractivity contribution < 1.29 is 9.90 Å². The van der Waals surface area contributed by atoms with Gasteiger partial charge in [-0.3, -0.25) is 0 Å². The quantitative estimate of drug-likeness (QED) is 0.651. The Bertz CT molecular complexity index is 288. The molecular weight excluding hydrogens is 228 g/mol. The molecule has 4 nitrogen and oxygen atoms in total. The molecule has 18 heavy (non-hydrogen) atoms. The maximum Gasteiger partial charge on any atom is 0.315 e. The number of amides is 2. The van der Waals surface area contributed by atoms with Crippen LogP contribution in [0.25, 0.3) is 0 Å². The summed E-state index contributed by atoms with van der Waals surface area (Å²) in [5, 5.41) is 15.2. The lowest BCUT2D eigenvalue weighted by Gasteiger charge is -2.30. The zero-order valence-corrected chi connectivity index (χ0v) is 11.5. The van der Waals surface area contributed by atoms with E-state index < -0.39 is 0 Å². The lowest BCUT2D eigenvalue weighted by atomic mass is 9.95. The van der Waals surface area contributed by atoms with E-state index in [1.54, 1.807) is 0 Å². The number of hydrogen-bond acceptors (Lipinski definition) is 2. The SMILES string of the molecule is CCC(C)(CCO)NC(=O)NC(C1CC1)C1CC1. The average molecular weight is 254 g/mol. The highest BCUT2D eigenvalue weighted by atomic mass is 16.3. The van der Waals surface area contributed by atoms with Crippen molar-refractivity contribution in [2.45, 2.75) is 64.0 Å². The van der Waals surface area contributed by atoms with E-state index in [4.69, 9.17) is 5.11 Å². The summed E-state index contributed by atoms with van der Waals surface area (Å²) in [4.78, 5) is 12.1. The Morgan fingerprint density at radius 3 is 2.28 bits per heavy atom. The largest absolute Gasteiger partial charge is 0.396 e. The normalized spacial score (nSPS) is 22.7. The van der Waals surface area contributed by atoms with E-state index in [-0.39, 0.29) is 18.2 Å². The summed E-state index contributed by atoms with van der Waals surface area (Å²) in [5.74, 6) is 1.43. The molecule has 0 saturated heterocycles. The molecule has 0 bridgehead atoms. The maximum absolute atomic E-state index is 12.1. The average Bonchev–Trinajstić information content (AvgIpc) is 3.17. The molecule has 104 valence electrons. The fraction of sp³-hybridized carbons (Fsp3) is 0.929. The van der Waals surface area contributed by atoms with Gasteiger partial charge in [-0.15, -0.1) is 0 Å². The van der Waals surface area contributed by atoms with Crippen molar-refractivity contribution in [2.75, 3.05) is 6.61 Å². The van der Waals surface area contributed by atoms with Crippen LogP contribution in [0, 0.1) is 11.8 Å². The molecule has 2 aliphatic rings. The molecule has 0 aliphatic heterocycles.